The molecule has 0 fully saturated rings. The van der Waals surface area contributed by atoms with E-state index in [9.17, 15) is 14.3 Å². The summed E-state index contributed by atoms with van der Waals surface area (Å²) in [5.41, 5.74) is 0.742. The van der Waals surface area contributed by atoms with Gasteiger partial charge in [0.05, 0.1) is 6.61 Å². The number of halogens is 1. The summed E-state index contributed by atoms with van der Waals surface area (Å²) in [6, 6.07) is 10.3. The average Bonchev–Trinajstić information content (AvgIpc) is 2.73. The summed E-state index contributed by atoms with van der Waals surface area (Å²) in [7, 11) is 0. The summed E-state index contributed by atoms with van der Waals surface area (Å²) in [5.74, 6) is -0.575. The molecule has 0 radical (unpaired) electrons. The molecule has 4 nitrogen and oxygen atoms in total. The summed E-state index contributed by atoms with van der Waals surface area (Å²) in [4.78, 5) is 12.2. The fourth-order valence-corrected chi connectivity index (χ4v) is 3.28. The summed E-state index contributed by atoms with van der Waals surface area (Å²) in [5, 5.41) is 11.9. The van der Waals surface area contributed by atoms with Crippen molar-refractivity contribution >= 4 is 11.6 Å². The zero-order valence-corrected chi connectivity index (χ0v) is 18.0. The quantitative estimate of drug-likeness (QED) is 0.324. The zero-order chi connectivity index (χ0) is 21.6. The summed E-state index contributed by atoms with van der Waals surface area (Å²) < 4.78 is 19.8. The lowest BCUT2D eigenvalue weighted by Crippen LogP contribution is -2.12. The van der Waals surface area contributed by atoms with Crippen molar-refractivity contribution in [1.82, 2.24) is 0 Å². The number of carbonyl (C=O) groups is 1. The van der Waals surface area contributed by atoms with E-state index in [1.54, 1.807) is 6.07 Å². The van der Waals surface area contributed by atoms with Gasteiger partial charge in [-0.25, -0.2) is 4.39 Å². The molecule has 0 spiro atoms. The Bertz CT molecular complexity index is 761. The maximum Gasteiger partial charge on any atom is 0.255 e. The molecule has 0 unspecified atom stereocenters. The average molecular weight is 416 g/mol. The van der Waals surface area contributed by atoms with E-state index in [1.165, 1.54) is 87.8 Å². The second-order valence-corrected chi connectivity index (χ2v) is 7.68. The number of amides is 1. The van der Waals surface area contributed by atoms with E-state index >= 15 is 0 Å². The summed E-state index contributed by atoms with van der Waals surface area (Å²) in [6.07, 6.45) is 12.4. The van der Waals surface area contributed by atoms with Crippen LogP contribution in [0.15, 0.2) is 42.5 Å². The van der Waals surface area contributed by atoms with Crippen LogP contribution in [0.25, 0.3) is 0 Å². The van der Waals surface area contributed by atoms with E-state index in [2.05, 4.69) is 12.2 Å². The third kappa shape index (κ3) is 8.85. The molecule has 0 saturated heterocycles. The third-order valence-corrected chi connectivity index (χ3v) is 5.07. The van der Waals surface area contributed by atoms with Crippen LogP contribution in [0.4, 0.5) is 10.1 Å². The standard InChI is InChI=1S/C25H34FNO3/c1-2-3-4-5-6-7-8-9-10-11-18-30-24-17-14-21(19-23(24)26)27-25(29)20-12-15-22(28)16-13-20/h12-17,19,28H,2-11,18H2,1H3,(H,27,29). The van der Waals surface area contributed by atoms with Crippen molar-refractivity contribution < 1.29 is 19.0 Å². The predicted octanol–water partition coefficient (Wildman–Crippen LogP) is 7.08. The van der Waals surface area contributed by atoms with E-state index in [0.717, 1.165) is 12.8 Å². The maximum absolute atomic E-state index is 14.2. The molecular formula is C25H34FNO3. The predicted molar refractivity (Wildman–Crippen MR) is 120 cm³/mol. The number of phenols is 1. The monoisotopic (exact) mass is 415 g/mol. The molecule has 1 amide bonds. The van der Waals surface area contributed by atoms with Gasteiger partial charge in [0.15, 0.2) is 11.6 Å². The second-order valence-electron chi connectivity index (χ2n) is 7.68. The van der Waals surface area contributed by atoms with Crippen LogP contribution in [-0.4, -0.2) is 17.6 Å². The Labute approximate surface area is 179 Å². The number of phenolic OH excluding ortho intramolecular Hbond substituents is 1. The number of rotatable bonds is 14. The Hall–Kier alpha value is -2.56. The molecule has 0 bridgehead atoms. The van der Waals surface area contributed by atoms with Gasteiger partial charge in [-0.05, 0) is 42.8 Å². The fraction of sp³-hybridized carbons (Fsp3) is 0.480. The molecule has 0 aromatic heterocycles. The molecular weight excluding hydrogens is 381 g/mol. The van der Waals surface area contributed by atoms with Gasteiger partial charge in [0, 0.05) is 17.3 Å². The Balaban J connectivity index is 1.63. The molecule has 0 atom stereocenters. The highest BCUT2D eigenvalue weighted by Gasteiger charge is 2.09. The first-order valence-electron chi connectivity index (χ1n) is 11.1. The third-order valence-electron chi connectivity index (χ3n) is 5.07. The Morgan fingerprint density at radius 2 is 1.50 bits per heavy atom. The molecule has 30 heavy (non-hydrogen) atoms. The lowest BCUT2D eigenvalue weighted by Gasteiger charge is -2.10. The number of hydrogen-bond donors (Lipinski definition) is 2. The second kappa shape index (κ2) is 13.6. The molecule has 0 aliphatic rings. The van der Waals surface area contributed by atoms with E-state index in [1.807, 2.05) is 0 Å². The van der Waals surface area contributed by atoms with E-state index in [4.69, 9.17) is 4.74 Å². The minimum Gasteiger partial charge on any atom is -0.508 e. The lowest BCUT2D eigenvalue weighted by atomic mass is 10.1. The molecule has 0 aliphatic heterocycles. The van der Waals surface area contributed by atoms with Gasteiger partial charge >= 0.3 is 0 Å². The SMILES string of the molecule is CCCCCCCCCCCCOc1ccc(NC(=O)c2ccc(O)cc2)cc1F. The molecule has 0 aliphatic carbocycles. The van der Waals surface area contributed by atoms with Crippen molar-refractivity contribution in [2.45, 2.75) is 71.1 Å². The van der Waals surface area contributed by atoms with Crippen LogP contribution in [0.5, 0.6) is 11.5 Å². The van der Waals surface area contributed by atoms with Crippen LogP contribution in [0, 0.1) is 5.82 Å². The van der Waals surface area contributed by atoms with Crippen LogP contribution < -0.4 is 10.1 Å². The molecule has 2 N–H and O–H groups in total. The number of hydrogen-bond acceptors (Lipinski definition) is 3. The van der Waals surface area contributed by atoms with Crippen molar-refractivity contribution in [3.8, 4) is 11.5 Å². The number of carbonyl (C=O) groups excluding carboxylic acids is 1. The highest BCUT2D eigenvalue weighted by atomic mass is 19.1. The number of anilines is 1. The van der Waals surface area contributed by atoms with E-state index in [-0.39, 0.29) is 17.4 Å². The van der Waals surface area contributed by atoms with Crippen molar-refractivity contribution in [2.24, 2.45) is 0 Å². The molecule has 5 heteroatoms. The van der Waals surface area contributed by atoms with Gasteiger partial charge in [-0.3, -0.25) is 4.79 Å². The number of nitrogens with one attached hydrogen (secondary N) is 1. The number of benzene rings is 2. The smallest absolute Gasteiger partial charge is 0.255 e. The summed E-state index contributed by atoms with van der Waals surface area (Å²) in [6.45, 7) is 2.73. The van der Waals surface area contributed by atoms with Gasteiger partial charge < -0.3 is 15.2 Å². The first-order chi connectivity index (χ1) is 14.6. The van der Waals surface area contributed by atoms with Gasteiger partial charge in [-0.1, -0.05) is 64.7 Å². The van der Waals surface area contributed by atoms with Gasteiger partial charge in [-0.2, -0.15) is 0 Å². The number of unbranched alkanes of at least 4 members (excludes halogenated alkanes) is 9. The van der Waals surface area contributed by atoms with Crippen LogP contribution in [0.2, 0.25) is 0 Å². The largest absolute Gasteiger partial charge is 0.508 e. The highest BCUT2D eigenvalue weighted by Crippen LogP contribution is 2.22. The Morgan fingerprint density at radius 1 is 0.900 bits per heavy atom. The first-order valence-corrected chi connectivity index (χ1v) is 11.1. The number of ether oxygens (including phenoxy) is 1. The van der Waals surface area contributed by atoms with Gasteiger partial charge in [0.1, 0.15) is 5.75 Å². The van der Waals surface area contributed by atoms with Crippen molar-refractivity contribution in [3.05, 3.63) is 53.8 Å². The van der Waals surface area contributed by atoms with Gasteiger partial charge in [-0.15, -0.1) is 0 Å². The molecule has 2 rings (SSSR count). The first kappa shape index (κ1) is 23.7. The Kier molecular flexibility index (Phi) is 10.8. The summed E-state index contributed by atoms with van der Waals surface area (Å²) >= 11 is 0. The minimum atomic E-state index is -0.495. The van der Waals surface area contributed by atoms with Crippen molar-refractivity contribution in [1.29, 1.82) is 0 Å². The molecule has 2 aromatic rings. The number of aromatic hydroxyl groups is 1. The zero-order valence-electron chi connectivity index (χ0n) is 18.0. The molecule has 2 aromatic carbocycles. The van der Waals surface area contributed by atoms with Crippen LogP contribution in [0.1, 0.15) is 81.5 Å². The van der Waals surface area contributed by atoms with Crippen LogP contribution >= 0.6 is 0 Å². The van der Waals surface area contributed by atoms with Gasteiger partial charge in [0.2, 0.25) is 0 Å². The van der Waals surface area contributed by atoms with E-state index < -0.39 is 5.82 Å². The highest BCUT2D eigenvalue weighted by molar-refractivity contribution is 6.04. The molecule has 0 saturated carbocycles. The molecule has 164 valence electrons. The molecule has 0 heterocycles. The van der Waals surface area contributed by atoms with E-state index in [0.29, 0.717) is 17.9 Å². The van der Waals surface area contributed by atoms with Crippen molar-refractivity contribution in [3.63, 3.8) is 0 Å². The van der Waals surface area contributed by atoms with Crippen LogP contribution in [0.3, 0.4) is 0 Å². The fourth-order valence-electron chi connectivity index (χ4n) is 3.28. The van der Waals surface area contributed by atoms with Crippen molar-refractivity contribution in [2.75, 3.05) is 11.9 Å². The van der Waals surface area contributed by atoms with Gasteiger partial charge in [0.25, 0.3) is 5.91 Å². The van der Waals surface area contributed by atoms with Crippen LogP contribution in [-0.2, 0) is 0 Å². The maximum atomic E-state index is 14.2. The Morgan fingerprint density at radius 3 is 2.10 bits per heavy atom. The normalized spacial score (nSPS) is 10.7. The minimum absolute atomic E-state index is 0.0847. The topological polar surface area (TPSA) is 58.6 Å². The lowest BCUT2D eigenvalue weighted by molar-refractivity contribution is 0.102.